The van der Waals surface area contributed by atoms with Crippen LogP contribution in [0, 0.1) is 0 Å². The fourth-order valence-electron chi connectivity index (χ4n) is 1.40. The first-order valence-electron chi connectivity index (χ1n) is 5.56. The standard InChI is InChI=1S/C13H17F2NO2/c1-13(2,12(17)18)16(3)8-9-4-6-10(7-5-9)11(14)15/h4-7,11H,8H2,1-3H3,(H,17,18). The van der Waals surface area contributed by atoms with E-state index in [1.165, 1.54) is 12.1 Å². The van der Waals surface area contributed by atoms with Gasteiger partial charge in [0.15, 0.2) is 0 Å². The molecule has 0 atom stereocenters. The largest absolute Gasteiger partial charge is 0.480 e. The van der Waals surface area contributed by atoms with Gasteiger partial charge in [0.25, 0.3) is 6.43 Å². The summed E-state index contributed by atoms with van der Waals surface area (Å²) in [6.07, 6.45) is -2.48. The highest BCUT2D eigenvalue weighted by Crippen LogP contribution is 2.21. The fraction of sp³-hybridized carbons (Fsp3) is 0.462. The van der Waals surface area contributed by atoms with Crippen molar-refractivity contribution in [3.8, 4) is 0 Å². The molecule has 1 aromatic carbocycles. The number of halogens is 2. The van der Waals surface area contributed by atoms with Crippen LogP contribution in [-0.4, -0.2) is 28.6 Å². The van der Waals surface area contributed by atoms with Gasteiger partial charge in [0.2, 0.25) is 0 Å². The van der Waals surface area contributed by atoms with Crippen LogP contribution in [0.3, 0.4) is 0 Å². The number of carboxylic acid groups (broad SMARTS) is 1. The van der Waals surface area contributed by atoms with Gasteiger partial charge in [-0.2, -0.15) is 0 Å². The molecule has 5 heteroatoms. The zero-order valence-electron chi connectivity index (χ0n) is 10.7. The summed E-state index contributed by atoms with van der Waals surface area (Å²) in [4.78, 5) is 12.7. The van der Waals surface area contributed by atoms with Gasteiger partial charge in [-0.25, -0.2) is 8.78 Å². The van der Waals surface area contributed by atoms with E-state index in [0.29, 0.717) is 6.54 Å². The van der Waals surface area contributed by atoms with Crippen molar-refractivity contribution in [2.45, 2.75) is 32.4 Å². The van der Waals surface area contributed by atoms with Gasteiger partial charge >= 0.3 is 5.97 Å². The van der Waals surface area contributed by atoms with Crippen molar-refractivity contribution in [3.63, 3.8) is 0 Å². The molecule has 0 aliphatic heterocycles. The molecular weight excluding hydrogens is 240 g/mol. The van der Waals surface area contributed by atoms with Crippen molar-refractivity contribution in [2.24, 2.45) is 0 Å². The summed E-state index contributed by atoms with van der Waals surface area (Å²) in [7, 11) is 1.69. The predicted octanol–water partition coefficient (Wildman–Crippen LogP) is 2.92. The molecule has 1 N–H and O–H groups in total. The quantitative estimate of drug-likeness (QED) is 0.881. The molecule has 0 aliphatic rings. The third-order valence-electron chi connectivity index (χ3n) is 3.13. The van der Waals surface area contributed by atoms with E-state index in [1.54, 1.807) is 37.9 Å². The summed E-state index contributed by atoms with van der Waals surface area (Å²) < 4.78 is 24.7. The number of rotatable bonds is 5. The molecule has 0 bridgehead atoms. The molecule has 0 spiro atoms. The highest BCUT2D eigenvalue weighted by molar-refractivity contribution is 5.77. The topological polar surface area (TPSA) is 40.5 Å². The number of aliphatic carboxylic acids is 1. The van der Waals surface area contributed by atoms with E-state index >= 15 is 0 Å². The minimum atomic E-state index is -2.48. The molecule has 0 amide bonds. The maximum Gasteiger partial charge on any atom is 0.323 e. The number of alkyl halides is 2. The van der Waals surface area contributed by atoms with E-state index in [-0.39, 0.29) is 5.56 Å². The van der Waals surface area contributed by atoms with Crippen LogP contribution in [0.15, 0.2) is 24.3 Å². The van der Waals surface area contributed by atoms with E-state index in [9.17, 15) is 13.6 Å². The Bertz CT molecular complexity index is 416. The van der Waals surface area contributed by atoms with Crippen molar-refractivity contribution >= 4 is 5.97 Å². The van der Waals surface area contributed by atoms with Crippen molar-refractivity contribution in [1.82, 2.24) is 4.90 Å². The Kier molecular flexibility index (Phi) is 4.40. The molecule has 0 saturated carbocycles. The lowest BCUT2D eigenvalue weighted by atomic mass is 10.0. The zero-order valence-corrected chi connectivity index (χ0v) is 10.7. The molecule has 0 aromatic heterocycles. The van der Waals surface area contributed by atoms with Crippen LogP contribution in [0.4, 0.5) is 8.78 Å². The van der Waals surface area contributed by atoms with Gasteiger partial charge in [-0.15, -0.1) is 0 Å². The smallest absolute Gasteiger partial charge is 0.323 e. The van der Waals surface area contributed by atoms with Crippen LogP contribution < -0.4 is 0 Å². The number of nitrogens with zero attached hydrogens (tertiary/aromatic N) is 1. The second-order valence-electron chi connectivity index (χ2n) is 4.76. The van der Waals surface area contributed by atoms with Crippen LogP contribution in [0.2, 0.25) is 0 Å². The molecule has 0 radical (unpaired) electrons. The van der Waals surface area contributed by atoms with Crippen molar-refractivity contribution < 1.29 is 18.7 Å². The first kappa shape index (κ1) is 14.6. The molecule has 0 heterocycles. The van der Waals surface area contributed by atoms with Crippen molar-refractivity contribution in [1.29, 1.82) is 0 Å². The molecule has 0 unspecified atom stereocenters. The van der Waals surface area contributed by atoms with E-state index in [0.717, 1.165) is 5.56 Å². The Morgan fingerprint density at radius 3 is 2.22 bits per heavy atom. The van der Waals surface area contributed by atoms with Gasteiger partial charge in [-0.05, 0) is 26.5 Å². The summed E-state index contributed by atoms with van der Waals surface area (Å²) in [6.45, 7) is 3.59. The lowest BCUT2D eigenvalue weighted by Gasteiger charge is -2.31. The Morgan fingerprint density at radius 1 is 1.33 bits per heavy atom. The highest BCUT2D eigenvalue weighted by atomic mass is 19.3. The lowest BCUT2D eigenvalue weighted by molar-refractivity contribution is -0.148. The summed E-state index contributed by atoms with van der Waals surface area (Å²) >= 11 is 0. The number of hydrogen-bond donors (Lipinski definition) is 1. The Balaban J connectivity index is 2.76. The van der Waals surface area contributed by atoms with Gasteiger partial charge in [0.1, 0.15) is 5.54 Å². The minimum absolute atomic E-state index is 0.0288. The second kappa shape index (κ2) is 5.44. The SMILES string of the molecule is CN(Cc1ccc(C(F)F)cc1)C(C)(C)C(=O)O. The molecule has 3 nitrogen and oxygen atoms in total. The molecule has 18 heavy (non-hydrogen) atoms. The molecular formula is C13H17F2NO2. The monoisotopic (exact) mass is 257 g/mol. The second-order valence-corrected chi connectivity index (χ2v) is 4.76. The van der Waals surface area contributed by atoms with Crippen LogP contribution >= 0.6 is 0 Å². The third kappa shape index (κ3) is 3.26. The predicted molar refractivity (Wildman–Crippen MR) is 64.6 cm³/mol. The van der Waals surface area contributed by atoms with Gasteiger partial charge in [-0.3, -0.25) is 9.69 Å². The summed E-state index contributed by atoms with van der Waals surface area (Å²) in [6, 6.07) is 5.91. The average Bonchev–Trinajstić information content (AvgIpc) is 2.29. The highest BCUT2D eigenvalue weighted by Gasteiger charge is 2.31. The van der Waals surface area contributed by atoms with Crippen LogP contribution in [0.25, 0.3) is 0 Å². The van der Waals surface area contributed by atoms with E-state index in [1.807, 2.05) is 0 Å². The Morgan fingerprint density at radius 2 is 1.83 bits per heavy atom. The third-order valence-corrected chi connectivity index (χ3v) is 3.13. The normalized spacial score (nSPS) is 12.2. The van der Waals surface area contributed by atoms with Crippen LogP contribution in [0.1, 0.15) is 31.4 Å². The lowest BCUT2D eigenvalue weighted by Crippen LogP contribution is -2.47. The molecule has 0 fully saturated rings. The maximum absolute atomic E-state index is 12.4. The molecule has 0 saturated heterocycles. The Labute approximate surface area is 105 Å². The van der Waals surface area contributed by atoms with E-state index < -0.39 is 17.9 Å². The number of carboxylic acids is 1. The summed E-state index contributed by atoms with van der Waals surface area (Å²) in [5.74, 6) is -0.922. The van der Waals surface area contributed by atoms with E-state index in [2.05, 4.69) is 0 Å². The zero-order chi connectivity index (χ0) is 13.9. The average molecular weight is 257 g/mol. The van der Waals surface area contributed by atoms with Gasteiger partial charge in [0, 0.05) is 12.1 Å². The molecule has 1 rings (SSSR count). The Hall–Kier alpha value is -1.49. The number of hydrogen-bond acceptors (Lipinski definition) is 2. The van der Waals surface area contributed by atoms with Gasteiger partial charge in [0.05, 0.1) is 0 Å². The number of benzene rings is 1. The number of likely N-dealkylation sites (N-methyl/N-ethyl adjacent to an activating group) is 1. The van der Waals surface area contributed by atoms with Crippen LogP contribution in [0.5, 0.6) is 0 Å². The van der Waals surface area contributed by atoms with Crippen molar-refractivity contribution in [2.75, 3.05) is 7.05 Å². The summed E-state index contributed by atoms with van der Waals surface area (Å²) in [5, 5.41) is 9.07. The van der Waals surface area contributed by atoms with Gasteiger partial charge < -0.3 is 5.11 Å². The van der Waals surface area contributed by atoms with E-state index in [4.69, 9.17) is 5.11 Å². The summed E-state index contributed by atoms with van der Waals surface area (Å²) in [5.41, 5.74) is -0.225. The maximum atomic E-state index is 12.4. The van der Waals surface area contributed by atoms with Crippen LogP contribution in [-0.2, 0) is 11.3 Å². The minimum Gasteiger partial charge on any atom is -0.480 e. The first-order chi connectivity index (χ1) is 8.25. The van der Waals surface area contributed by atoms with Crippen molar-refractivity contribution in [3.05, 3.63) is 35.4 Å². The molecule has 1 aromatic rings. The fourth-order valence-corrected chi connectivity index (χ4v) is 1.40. The molecule has 0 aliphatic carbocycles. The first-order valence-corrected chi connectivity index (χ1v) is 5.56. The molecule has 100 valence electrons. The number of carbonyl (C=O) groups is 1. The van der Waals surface area contributed by atoms with Gasteiger partial charge in [-0.1, -0.05) is 24.3 Å².